The summed E-state index contributed by atoms with van der Waals surface area (Å²) in [5.74, 6) is 2.08. The number of nitrogens with one attached hydrogen (secondary N) is 2. The zero-order valence-corrected chi connectivity index (χ0v) is 11.1. The van der Waals surface area contributed by atoms with Crippen LogP contribution in [0.15, 0.2) is 6.07 Å². The third kappa shape index (κ3) is 2.36. The highest BCUT2D eigenvalue weighted by molar-refractivity contribution is 5.93. The molecule has 2 N–H and O–H groups in total. The first-order valence-electron chi connectivity index (χ1n) is 5.82. The lowest BCUT2D eigenvalue weighted by atomic mass is 10.1. The second kappa shape index (κ2) is 4.98. The van der Waals surface area contributed by atoms with Crippen molar-refractivity contribution in [2.45, 2.75) is 13.8 Å². The van der Waals surface area contributed by atoms with Crippen molar-refractivity contribution in [1.29, 1.82) is 0 Å². The van der Waals surface area contributed by atoms with Gasteiger partial charge in [0.05, 0.1) is 17.9 Å². The molecule has 98 valence electrons. The average molecular weight is 257 g/mol. The van der Waals surface area contributed by atoms with Crippen LogP contribution < -0.4 is 5.32 Å². The van der Waals surface area contributed by atoms with Gasteiger partial charge in [-0.25, -0.2) is 0 Å². The van der Waals surface area contributed by atoms with Gasteiger partial charge in [-0.1, -0.05) is 5.92 Å². The van der Waals surface area contributed by atoms with Crippen molar-refractivity contribution < 1.29 is 4.79 Å². The number of aryl methyl sites for hydroxylation is 2. The molecule has 19 heavy (non-hydrogen) atoms. The van der Waals surface area contributed by atoms with Gasteiger partial charge in [0.1, 0.15) is 5.69 Å². The fourth-order valence-electron chi connectivity index (χ4n) is 1.94. The molecule has 0 unspecified atom stereocenters. The highest BCUT2D eigenvalue weighted by atomic mass is 16.1. The van der Waals surface area contributed by atoms with Crippen molar-refractivity contribution in [3.05, 3.63) is 23.1 Å². The summed E-state index contributed by atoms with van der Waals surface area (Å²) in [6, 6.07) is 1.70. The summed E-state index contributed by atoms with van der Waals surface area (Å²) in [6.07, 6.45) is 5.09. The first-order valence-corrected chi connectivity index (χ1v) is 5.82. The number of rotatable bonds is 3. The Bertz CT molecular complexity index is 659. The first kappa shape index (κ1) is 12.9. The van der Waals surface area contributed by atoms with E-state index in [1.54, 1.807) is 10.7 Å². The molecule has 0 radical (unpaired) electrons. The van der Waals surface area contributed by atoms with Crippen molar-refractivity contribution in [2.75, 3.05) is 6.54 Å². The largest absolute Gasteiger partial charge is 0.340 e. The van der Waals surface area contributed by atoms with Crippen LogP contribution in [0, 0.1) is 26.2 Å². The standard InChI is InChI=1S/C13H15N5O/c1-5-6-14-13(19)11-7-10(15-16-11)12-8(2)17-18(4)9(12)3/h1,7H,6H2,2-4H3,(H,14,19)(H,15,16). The number of carbonyl (C=O) groups excluding carboxylic acids is 1. The molecule has 0 aliphatic heterocycles. The monoisotopic (exact) mass is 257 g/mol. The van der Waals surface area contributed by atoms with Crippen LogP contribution >= 0.6 is 0 Å². The Hall–Kier alpha value is -2.55. The number of terminal acetylenes is 1. The van der Waals surface area contributed by atoms with E-state index in [1.165, 1.54) is 0 Å². The molecule has 0 spiro atoms. The van der Waals surface area contributed by atoms with Crippen LogP contribution in [-0.2, 0) is 7.05 Å². The number of amides is 1. The van der Waals surface area contributed by atoms with Crippen LogP contribution in [0.4, 0.5) is 0 Å². The SMILES string of the molecule is C#CCNC(=O)c1cc(-c2c(C)nn(C)c2C)n[nH]1. The minimum Gasteiger partial charge on any atom is -0.340 e. The fraction of sp³-hybridized carbons (Fsp3) is 0.308. The van der Waals surface area contributed by atoms with Crippen molar-refractivity contribution in [3.8, 4) is 23.6 Å². The zero-order chi connectivity index (χ0) is 14.0. The molecule has 0 bridgehead atoms. The number of hydrogen-bond donors (Lipinski definition) is 2. The van der Waals surface area contributed by atoms with Crippen LogP contribution in [0.2, 0.25) is 0 Å². The number of aromatic amines is 1. The molecular formula is C13H15N5O. The Morgan fingerprint density at radius 3 is 2.89 bits per heavy atom. The van der Waals surface area contributed by atoms with E-state index in [9.17, 15) is 4.79 Å². The van der Waals surface area contributed by atoms with E-state index in [4.69, 9.17) is 6.42 Å². The fourth-order valence-corrected chi connectivity index (χ4v) is 1.94. The maximum absolute atomic E-state index is 11.7. The molecule has 0 fully saturated rings. The maximum Gasteiger partial charge on any atom is 0.270 e. The molecular weight excluding hydrogens is 242 g/mol. The van der Waals surface area contributed by atoms with Gasteiger partial charge in [-0.15, -0.1) is 6.42 Å². The summed E-state index contributed by atoms with van der Waals surface area (Å²) in [6.45, 7) is 4.06. The normalized spacial score (nSPS) is 10.2. The van der Waals surface area contributed by atoms with E-state index < -0.39 is 0 Å². The lowest BCUT2D eigenvalue weighted by Gasteiger charge is -1.97. The van der Waals surface area contributed by atoms with E-state index in [1.807, 2.05) is 20.9 Å². The van der Waals surface area contributed by atoms with Gasteiger partial charge in [-0.2, -0.15) is 10.2 Å². The Morgan fingerprint density at radius 1 is 1.58 bits per heavy atom. The van der Waals surface area contributed by atoms with Crippen molar-refractivity contribution >= 4 is 5.91 Å². The molecule has 0 atom stereocenters. The van der Waals surface area contributed by atoms with Crippen LogP contribution in [-0.4, -0.2) is 32.4 Å². The molecule has 2 rings (SSSR count). The van der Waals surface area contributed by atoms with E-state index >= 15 is 0 Å². The topological polar surface area (TPSA) is 75.6 Å². The van der Waals surface area contributed by atoms with Crippen LogP contribution in [0.3, 0.4) is 0 Å². The predicted octanol–water partition coefficient (Wildman–Crippen LogP) is 0.790. The van der Waals surface area contributed by atoms with E-state index in [2.05, 4.69) is 26.5 Å². The Labute approximate surface area is 111 Å². The third-order valence-electron chi connectivity index (χ3n) is 2.94. The summed E-state index contributed by atoms with van der Waals surface area (Å²) in [5.41, 5.74) is 3.90. The highest BCUT2D eigenvalue weighted by Gasteiger charge is 2.16. The highest BCUT2D eigenvalue weighted by Crippen LogP contribution is 2.24. The predicted molar refractivity (Wildman–Crippen MR) is 71.4 cm³/mol. The number of aromatic nitrogens is 4. The number of hydrogen-bond acceptors (Lipinski definition) is 3. The molecule has 0 aromatic carbocycles. The minimum absolute atomic E-state index is 0.193. The van der Waals surface area contributed by atoms with Crippen molar-refractivity contribution in [3.63, 3.8) is 0 Å². The summed E-state index contributed by atoms with van der Waals surface area (Å²) in [5, 5.41) is 13.8. The lowest BCUT2D eigenvalue weighted by molar-refractivity contribution is 0.0953. The third-order valence-corrected chi connectivity index (χ3v) is 2.94. The molecule has 6 nitrogen and oxygen atoms in total. The average Bonchev–Trinajstić information content (AvgIpc) is 2.93. The zero-order valence-electron chi connectivity index (χ0n) is 11.1. The first-order chi connectivity index (χ1) is 9.04. The summed E-state index contributed by atoms with van der Waals surface area (Å²) >= 11 is 0. The van der Waals surface area contributed by atoms with Crippen LogP contribution in [0.25, 0.3) is 11.3 Å². The molecule has 1 amide bonds. The van der Waals surface area contributed by atoms with Gasteiger partial charge in [-0.05, 0) is 19.9 Å². The Kier molecular flexibility index (Phi) is 3.38. The van der Waals surface area contributed by atoms with Gasteiger partial charge in [0.15, 0.2) is 0 Å². The van der Waals surface area contributed by atoms with Crippen molar-refractivity contribution in [1.82, 2.24) is 25.3 Å². The van der Waals surface area contributed by atoms with E-state index in [0.717, 1.165) is 17.0 Å². The van der Waals surface area contributed by atoms with E-state index in [0.29, 0.717) is 11.4 Å². The quantitative estimate of drug-likeness (QED) is 0.798. The molecule has 2 heterocycles. The molecule has 0 saturated heterocycles. The van der Waals surface area contributed by atoms with Gasteiger partial charge >= 0.3 is 0 Å². The number of H-pyrrole nitrogens is 1. The van der Waals surface area contributed by atoms with Gasteiger partial charge in [-0.3, -0.25) is 14.6 Å². The second-order valence-corrected chi connectivity index (χ2v) is 4.22. The molecule has 0 saturated carbocycles. The molecule has 2 aromatic rings. The minimum atomic E-state index is -0.268. The summed E-state index contributed by atoms with van der Waals surface area (Å²) in [7, 11) is 1.87. The summed E-state index contributed by atoms with van der Waals surface area (Å²) in [4.78, 5) is 11.7. The number of nitrogens with zero attached hydrogens (tertiary/aromatic N) is 3. The van der Waals surface area contributed by atoms with Gasteiger partial charge in [0, 0.05) is 18.3 Å². The Morgan fingerprint density at radius 2 is 2.32 bits per heavy atom. The van der Waals surface area contributed by atoms with Gasteiger partial charge in [0.25, 0.3) is 5.91 Å². The lowest BCUT2D eigenvalue weighted by Crippen LogP contribution is -2.23. The summed E-state index contributed by atoms with van der Waals surface area (Å²) < 4.78 is 1.79. The smallest absolute Gasteiger partial charge is 0.270 e. The molecule has 0 aliphatic rings. The second-order valence-electron chi connectivity index (χ2n) is 4.22. The molecule has 2 aromatic heterocycles. The van der Waals surface area contributed by atoms with Gasteiger partial charge in [0.2, 0.25) is 0 Å². The van der Waals surface area contributed by atoms with Gasteiger partial charge < -0.3 is 5.32 Å². The van der Waals surface area contributed by atoms with E-state index in [-0.39, 0.29) is 12.5 Å². The van der Waals surface area contributed by atoms with Crippen molar-refractivity contribution in [2.24, 2.45) is 7.05 Å². The molecule has 0 aliphatic carbocycles. The van der Waals surface area contributed by atoms with Crippen LogP contribution in [0.1, 0.15) is 21.9 Å². The molecule has 6 heteroatoms. The number of carbonyl (C=O) groups is 1. The Balaban J connectivity index is 2.31. The maximum atomic E-state index is 11.7. The van der Waals surface area contributed by atoms with Crippen LogP contribution in [0.5, 0.6) is 0 Å².